The van der Waals surface area contributed by atoms with Crippen LogP contribution in [-0.4, -0.2) is 30.4 Å². The molecule has 3 nitrogen and oxygen atoms in total. The summed E-state index contributed by atoms with van der Waals surface area (Å²) in [5, 5.41) is 2.94. The lowest BCUT2D eigenvalue weighted by atomic mass is 10.0. The fourth-order valence-electron chi connectivity index (χ4n) is 2.24. The van der Waals surface area contributed by atoms with Gasteiger partial charge in [-0.3, -0.25) is 9.69 Å². The molecule has 1 aliphatic rings. The predicted octanol–water partition coefficient (Wildman–Crippen LogP) is 1.57. The third-order valence-corrected chi connectivity index (χ3v) is 2.94. The van der Waals surface area contributed by atoms with Gasteiger partial charge in [-0.1, -0.05) is 37.3 Å². The number of piperazine rings is 1. The summed E-state index contributed by atoms with van der Waals surface area (Å²) in [6, 6.07) is 9.91. The average Bonchev–Trinajstić information content (AvgIpc) is 2.31. The van der Waals surface area contributed by atoms with Crippen LogP contribution in [0.25, 0.3) is 0 Å². The molecule has 1 heterocycles. The largest absolute Gasteiger partial charge is 0.353 e. The maximum Gasteiger partial charge on any atom is 0.242 e. The number of hydrogen-bond donors (Lipinski definition) is 1. The van der Waals surface area contributed by atoms with Crippen LogP contribution in [0.3, 0.4) is 0 Å². The van der Waals surface area contributed by atoms with Crippen molar-refractivity contribution in [2.75, 3.05) is 19.6 Å². The minimum atomic E-state index is -0.102. The maximum absolute atomic E-state index is 11.9. The van der Waals surface area contributed by atoms with Gasteiger partial charge in [-0.25, -0.2) is 0 Å². The van der Waals surface area contributed by atoms with Gasteiger partial charge in [0.05, 0.1) is 0 Å². The summed E-state index contributed by atoms with van der Waals surface area (Å²) in [4.78, 5) is 14.2. The zero-order chi connectivity index (χ0) is 11.4. The fourth-order valence-corrected chi connectivity index (χ4v) is 2.24. The van der Waals surface area contributed by atoms with Crippen molar-refractivity contribution in [3.05, 3.63) is 35.9 Å². The molecule has 1 amide bonds. The lowest BCUT2D eigenvalue weighted by Crippen LogP contribution is -2.50. The van der Waals surface area contributed by atoms with Crippen LogP contribution in [0.4, 0.5) is 0 Å². The molecular formula is C13H18N2O. The van der Waals surface area contributed by atoms with Crippen LogP contribution in [0.2, 0.25) is 0 Å². The summed E-state index contributed by atoms with van der Waals surface area (Å²) in [5.41, 5.74) is 1.09. The molecule has 1 saturated heterocycles. The molecule has 3 heteroatoms. The Morgan fingerprint density at radius 1 is 1.38 bits per heavy atom. The Labute approximate surface area is 96.5 Å². The van der Waals surface area contributed by atoms with Crippen molar-refractivity contribution in [1.29, 1.82) is 0 Å². The topological polar surface area (TPSA) is 32.3 Å². The van der Waals surface area contributed by atoms with Crippen LogP contribution in [-0.2, 0) is 4.79 Å². The third kappa shape index (κ3) is 2.25. The number of nitrogens with one attached hydrogen (secondary N) is 1. The zero-order valence-corrected chi connectivity index (χ0v) is 9.65. The highest BCUT2D eigenvalue weighted by molar-refractivity contribution is 5.83. The molecule has 1 aromatic rings. The van der Waals surface area contributed by atoms with Crippen molar-refractivity contribution >= 4 is 5.91 Å². The van der Waals surface area contributed by atoms with Crippen molar-refractivity contribution in [3.8, 4) is 0 Å². The van der Waals surface area contributed by atoms with E-state index in [9.17, 15) is 4.79 Å². The first kappa shape index (κ1) is 11.1. The van der Waals surface area contributed by atoms with Crippen molar-refractivity contribution < 1.29 is 4.79 Å². The standard InChI is InChI=1S/C13H18N2O/c1-2-9-15-10-8-14-13(16)12(15)11-6-4-3-5-7-11/h3-7,12H,2,8-10H2,1H3,(H,14,16)/t12-/m0/s1. The number of rotatable bonds is 3. The van der Waals surface area contributed by atoms with Gasteiger partial charge in [-0.15, -0.1) is 0 Å². The van der Waals surface area contributed by atoms with Crippen LogP contribution >= 0.6 is 0 Å². The Hall–Kier alpha value is -1.35. The van der Waals surface area contributed by atoms with Gasteiger partial charge in [0.1, 0.15) is 6.04 Å². The lowest BCUT2D eigenvalue weighted by molar-refractivity contribution is -0.129. The van der Waals surface area contributed by atoms with Gasteiger partial charge in [0.25, 0.3) is 0 Å². The quantitative estimate of drug-likeness (QED) is 0.835. The van der Waals surface area contributed by atoms with E-state index in [2.05, 4.69) is 17.1 Å². The normalized spacial score (nSPS) is 21.8. The van der Waals surface area contributed by atoms with Crippen LogP contribution < -0.4 is 5.32 Å². The molecule has 0 aromatic heterocycles. The third-order valence-electron chi connectivity index (χ3n) is 2.94. The summed E-state index contributed by atoms with van der Waals surface area (Å²) in [5.74, 6) is 0.130. The average molecular weight is 218 g/mol. The van der Waals surface area contributed by atoms with Crippen molar-refractivity contribution in [2.24, 2.45) is 0 Å². The van der Waals surface area contributed by atoms with E-state index in [1.807, 2.05) is 30.3 Å². The Morgan fingerprint density at radius 2 is 2.12 bits per heavy atom. The first-order valence-electron chi connectivity index (χ1n) is 5.89. The molecule has 0 spiro atoms. The van der Waals surface area contributed by atoms with Crippen molar-refractivity contribution in [1.82, 2.24) is 10.2 Å². The van der Waals surface area contributed by atoms with Crippen LogP contribution in [0, 0.1) is 0 Å². The van der Waals surface area contributed by atoms with Crippen LogP contribution in [0.1, 0.15) is 24.9 Å². The second-order valence-corrected chi connectivity index (χ2v) is 4.14. The van der Waals surface area contributed by atoms with Crippen molar-refractivity contribution in [2.45, 2.75) is 19.4 Å². The molecule has 2 rings (SSSR count). The molecule has 0 saturated carbocycles. The van der Waals surface area contributed by atoms with E-state index in [1.54, 1.807) is 0 Å². The van der Waals surface area contributed by atoms with Gasteiger partial charge >= 0.3 is 0 Å². The second kappa shape index (κ2) is 5.12. The highest BCUT2D eigenvalue weighted by atomic mass is 16.2. The van der Waals surface area contributed by atoms with Crippen molar-refractivity contribution in [3.63, 3.8) is 0 Å². The number of benzene rings is 1. The van der Waals surface area contributed by atoms with Gasteiger partial charge in [-0.2, -0.15) is 0 Å². The Bertz CT molecular complexity index is 348. The summed E-state index contributed by atoms with van der Waals surface area (Å²) < 4.78 is 0. The molecular weight excluding hydrogens is 200 g/mol. The fraction of sp³-hybridized carbons (Fsp3) is 0.462. The number of carbonyl (C=O) groups excluding carboxylic acids is 1. The van der Waals surface area contributed by atoms with Gasteiger partial charge in [0, 0.05) is 13.1 Å². The molecule has 0 bridgehead atoms. The van der Waals surface area contributed by atoms with Gasteiger partial charge in [0.2, 0.25) is 5.91 Å². The van der Waals surface area contributed by atoms with Gasteiger partial charge < -0.3 is 5.32 Å². The Morgan fingerprint density at radius 3 is 2.81 bits per heavy atom. The van der Waals surface area contributed by atoms with Gasteiger partial charge in [-0.05, 0) is 18.5 Å². The van der Waals surface area contributed by atoms with E-state index >= 15 is 0 Å². The smallest absolute Gasteiger partial charge is 0.242 e. The minimum absolute atomic E-state index is 0.102. The first-order chi connectivity index (χ1) is 7.83. The number of nitrogens with zero attached hydrogens (tertiary/aromatic N) is 1. The number of carbonyl (C=O) groups is 1. The lowest BCUT2D eigenvalue weighted by Gasteiger charge is -2.35. The molecule has 1 aliphatic heterocycles. The molecule has 1 atom stereocenters. The molecule has 16 heavy (non-hydrogen) atoms. The molecule has 0 unspecified atom stereocenters. The van der Waals surface area contributed by atoms with E-state index in [1.165, 1.54) is 0 Å². The molecule has 1 aromatic carbocycles. The highest BCUT2D eigenvalue weighted by Gasteiger charge is 2.29. The summed E-state index contributed by atoms with van der Waals surface area (Å²) in [7, 11) is 0. The van der Waals surface area contributed by atoms with E-state index in [0.29, 0.717) is 0 Å². The molecule has 86 valence electrons. The first-order valence-corrected chi connectivity index (χ1v) is 5.89. The minimum Gasteiger partial charge on any atom is -0.353 e. The Balaban J connectivity index is 2.23. The summed E-state index contributed by atoms with van der Waals surface area (Å²) >= 11 is 0. The predicted molar refractivity (Wildman–Crippen MR) is 64.1 cm³/mol. The van der Waals surface area contributed by atoms with E-state index in [4.69, 9.17) is 0 Å². The van der Waals surface area contributed by atoms with Crippen LogP contribution in [0.5, 0.6) is 0 Å². The summed E-state index contributed by atoms with van der Waals surface area (Å²) in [6.07, 6.45) is 1.08. The summed E-state index contributed by atoms with van der Waals surface area (Å²) in [6.45, 7) is 4.84. The highest BCUT2D eigenvalue weighted by Crippen LogP contribution is 2.22. The maximum atomic E-state index is 11.9. The van der Waals surface area contributed by atoms with E-state index < -0.39 is 0 Å². The zero-order valence-electron chi connectivity index (χ0n) is 9.65. The number of hydrogen-bond acceptors (Lipinski definition) is 2. The van der Waals surface area contributed by atoms with E-state index in [-0.39, 0.29) is 11.9 Å². The van der Waals surface area contributed by atoms with Gasteiger partial charge in [0.15, 0.2) is 0 Å². The Kier molecular flexibility index (Phi) is 3.57. The molecule has 0 radical (unpaired) electrons. The molecule has 0 aliphatic carbocycles. The van der Waals surface area contributed by atoms with Crippen LogP contribution in [0.15, 0.2) is 30.3 Å². The monoisotopic (exact) mass is 218 g/mol. The molecule has 1 fully saturated rings. The van der Waals surface area contributed by atoms with E-state index in [0.717, 1.165) is 31.6 Å². The second-order valence-electron chi connectivity index (χ2n) is 4.14. The number of amides is 1. The molecule has 1 N–H and O–H groups in total. The SMILES string of the molecule is CCCN1CCNC(=O)[C@@H]1c1ccccc1.